The summed E-state index contributed by atoms with van der Waals surface area (Å²) in [7, 11) is 1.71. The van der Waals surface area contributed by atoms with Crippen molar-refractivity contribution in [3.8, 4) is 0 Å². The Kier molecular flexibility index (Phi) is 9.75. The van der Waals surface area contributed by atoms with Gasteiger partial charge in [-0.3, -0.25) is 9.59 Å². The molecule has 0 bridgehead atoms. The monoisotopic (exact) mass is 270 g/mol. The van der Waals surface area contributed by atoms with Crippen molar-refractivity contribution in [3.63, 3.8) is 0 Å². The summed E-state index contributed by atoms with van der Waals surface area (Å²) in [5.74, 6) is -0.398. The summed E-state index contributed by atoms with van der Waals surface area (Å²) >= 11 is 0. The second-order valence-electron chi connectivity index (χ2n) is 4.70. The number of rotatable bonds is 10. The van der Waals surface area contributed by atoms with Gasteiger partial charge in [-0.1, -0.05) is 33.1 Å². The molecule has 0 aromatic heterocycles. The predicted octanol–water partition coefficient (Wildman–Crippen LogP) is 1.51. The summed E-state index contributed by atoms with van der Waals surface area (Å²) in [4.78, 5) is 35.6. The number of amides is 2. The molecular weight excluding hydrogens is 244 g/mol. The normalized spacial score (nSPS) is 11.7. The summed E-state index contributed by atoms with van der Waals surface area (Å²) in [6.45, 7) is 4.51. The van der Waals surface area contributed by atoms with Crippen LogP contribution >= 0.6 is 0 Å². The molecule has 0 saturated carbocycles. The van der Waals surface area contributed by atoms with Crippen LogP contribution in [0.5, 0.6) is 0 Å². The van der Waals surface area contributed by atoms with Gasteiger partial charge in [0.15, 0.2) is 0 Å². The number of nitrogens with zero attached hydrogens (tertiary/aromatic N) is 1. The number of hydrogen-bond acceptors (Lipinski definition) is 3. The van der Waals surface area contributed by atoms with Crippen LogP contribution in [0.25, 0.3) is 0 Å². The molecule has 1 N–H and O–H groups in total. The molecule has 0 aliphatic heterocycles. The van der Waals surface area contributed by atoms with Gasteiger partial charge in [-0.2, -0.15) is 0 Å². The zero-order chi connectivity index (χ0) is 14.7. The van der Waals surface area contributed by atoms with Gasteiger partial charge in [0.25, 0.3) is 0 Å². The number of carbonyl (C=O) groups excluding carboxylic acids is 3. The molecule has 0 rings (SSSR count). The third-order valence-corrected chi connectivity index (χ3v) is 3.01. The van der Waals surface area contributed by atoms with E-state index >= 15 is 0 Å². The van der Waals surface area contributed by atoms with E-state index in [-0.39, 0.29) is 18.2 Å². The van der Waals surface area contributed by atoms with Crippen LogP contribution in [0.2, 0.25) is 0 Å². The van der Waals surface area contributed by atoms with Crippen LogP contribution < -0.4 is 5.32 Å². The van der Waals surface area contributed by atoms with Crippen molar-refractivity contribution in [1.29, 1.82) is 0 Å². The van der Waals surface area contributed by atoms with Crippen molar-refractivity contribution in [2.45, 2.75) is 58.4 Å². The minimum atomic E-state index is -0.721. The Morgan fingerprint density at radius 1 is 1.21 bits per heavy atom. The molecule has 1 unspecified atom stereocenters. The van der Waals surface area contributed by atoms with E-state index in [2.05, 4.69) is 12.2 Å². The molecule has 2 amide bonds. The number of hydrogen-bond donors (Lipinski definition) is 1. The minimum absolute atomic E-state index is 0.0316. The third kappa shape index (κ3) is 7.59. The van der Waals surface area contributed by atoms with E-state index in [1.165, 1.54) is 0 Å². The summed E-state index contributed by atoms with van der Waals surface area (Å²) in [6, 6.07) is -0.721. The van der Waals surface area contributed by atoms with Crippen LogP contribution in [-0.2, 0) is 14.4 Å². The van der Waals surface area contributed by atoms with Gasteiger partial charge in [0, 0.05) is 26.4 Å². The summed E-state index contributed by atoms with van der Waals surface area (Å²) < 4.78 is 0. The minimum Gasteiger partial charge on any atom is -0.344 e. The number of carbonyl (C=O) groups is 3. The van der Waals surface area contributed by atoms with Gasteiger partial charge in [-0.05, 0) is 6.42 Å². The summed E-state index contributed by atoms with van der Waals surface area (Å²) in [5.41, 5.74) is 0. The highest BCUT2D eigenvalue weighted by atomic mass is 16.2. The van der Waals surface area contributed by atoms with Gasteiger partial charge in [0.1, 0.15) is 12.3 Å². The van der Waals surface area contributed by atoms with Crippen molar-refractivity contribution < 1.29 is 14.4 Å². The maximum Gasteiger partial charge on any atom is 0.245 e. The molecule has 0 saturated heterocycles. The van der Waals surface area contributed by atoms with Crippen molar-refractivity contribution in [1.82, 2.24) is 10.2 Å². The number of likely N-dealkylation sites (N-methyl/N-ethyl adjacent to an activating group) is 1. The molecule has 110 valence electrons. The molecule has 0 aliphatic carbocycles. The number of nitrogens with one attached hydrogen (secondary N) is 1. The highest BCUT2D eigenvalue weighted by molar-refractivity contribution is 5.89. The lowest BCUT2D eigenvalue weighted by Gasteiger charge is -2.23. The predicted molar refractivity (Wildman–Crippen MR) is 74.7 cm³/mol. The van der Waals surface area contributed by atoms with Crippen molar-refractivity contribution in [2.75, 3.05) is 13.6 Å². The Bertz CT molecular complexity index is 292. The maximum absolute atomic E-state index is 12.1. The fourth-order valence-electron chi connectivity index (χ4n) is 1.77. The maximum atomic E-state index is 12.1. The van der Waals surface area contributed by atoms with Crippen LogP contribution in [0.4, 0.5) is 0 Å². The lowest BCUT2D eigenvalue weighted by atomic mass is 10.1. The Morgan fingerprint density at radius 2 is 1.89 bits per heavy atom. The van der Waals surface area contributed by atoms with Crippen molar-refractivity contribution >= 4 is 18.1 Å². The van der Waals surface area contributed by atoms with Gasteiger partial charge in [0.2, 0.25) is 11.8 Å². The highest BCUT2D eigenvalue weighted by Crippen LogP contribution is 2.03. The summed E-state index contributed by atoms with van der Waals surface area (Å²) in [5, 5.41) is 2.59. The van der Waals surface area contributed by atoms with Gasteiger partial charge in [0.05, 0.1) is 0 Å². The molecular formula is C14H26N2O3. The van der Waals surface area contributed by atoms with Gasteiger partial charge in [-0.15, -0.1) is 0 Å². The summed E-state index contributed by atoms with van der Waals surface area (Å²) in [6.07, 6.45) is 5.36. The van der Waals surface area contributed by atoms with E-state index in [0.29, 0.717) is 19.3 Å². The number of aldehydes is 1. The van der Waals surface area contributed by atoms with E-state index in [9.17, 15) is 14.4 Å². The zero-order valence-corrected chi connectivity index (χ0v) is 12.3. The lowest BCUT2D eigenvalue weighted by Crippen LogP contribution is -2.47. The standard InChI is InChI=1S/C14H26N2O3/c1-4-6-7-8-10-16(3)14(19)12(9-11-17)15-13(18)5-2/h11-12H,4-10H2,1-3H3,(H,15,18). The molecule has 0 aliphatic rings. The SMILES string of the molecule is CCCCCCN(C)C(=O)C(CC=O)NC(=O)CC. The molecule has 5 nitrogen and oxygen atoms in total. The van der Waals surface area contributed by atoms with Crippen LogP contribution in [-0.4, -0.2) is 42.6 Å². The van der Waals surface area contributed by atoms with Crippen molar-refractivity contribution in [3.05, 3.63) is 0 Å². The second kappa shape index (κ2) is 10.5. The first kappa shape index (κ1) is 17.6. The molecule has 5 heteroatoms. The van der Waals surface area contributed by atoms with Crippen LogP contribution in [0.3, 0.4) is 0 Å². The molecule has 0 aromatic carbocycles. The lowest BCUT2D eigenvalue weighted by molar-refractivity contribution is -0.136. The number of unbranched alkanes of at least 4 members (excludes halogenated alkanes) is 3. The molecule has 1 atom stereocenters. The van der Waals surface area contributed by atoms with Crippen LogP contribution in [0, 0.1) is 0 Å². The van der Waals surface area contributed by atoms with Gasteiger partial charge >= 0.3 is 0 Å². The Hall–Kier alpha value is -1.39. The van der Waals surface area contributed by atoms with E-state index in [1.807, 2.05) is 0 Å². The van der Waals surface area contributed by atoms with Crippen LogP contribution in [0.15, 0.2) is 0 Å². The first-order chi connectivity index (χ1) is 9.06. The molecule has 0 heterocycles. The Morgan fingerprint density at radius 3 is 2.42 bits per heavy atom. The van der Waals surface area contributed by atoms with E-state index in [0.717, 1.165) is 25.7 Å². The molecule has 0 radical (unpaired) electrons. The van der Waals surface area contributed by atoms with Crippen molar-refractivity contribution in [2.24, 2.45) is 0 Å². The highest BCUT2D eigenvalue weighted by Gasteiger charge is 2.22. The topological polar surface area (TPSA) is 66.5 Å². The Labute approximate surface area is 115 Å². The molecule has 0 fully saturated rings. The molecule has 19 heavy (non-hydrogen) atoms. The smallest absolute Gasteiger partial charge is 0.245 e. The van der Waals surface area contributed by atoms with Gasteiger partial charge < -0.3 is 15.0 Å². The largest absolute Gasteiger partial charge is 0.344 e. The average molecular weight is 270 g/mol. The Balaban J connectivity index is 4.27. The first-order valence-corrected chi connectivity index (χ1v) is 7.04. The van der Waals surface area contributed by atoms with E-state index < -0.39 is 6.04 Å². The third-order valence-electron chi connectivity index (χ3n) is 3.01. The van der Waals surface area contributed by atoms with Gasteiger partial charge in [-0.25, -0.2) is 0 Å². The fraction of sp³-hybridized carbons (Fsp3) is 0.786. The quantitative estimate of drug-likeness (QED) is 0.483. The van der Waals surface area contributed by atoms with E-state index in [4.69, 9.17) is 0 Å². The second-order valence-corrected chi connectivity index (χ2v) is 4.70. The zero-order valence-electron chi connectivity index (χ0n) is 12.3. The van der Waals surface area contributed by atoms with E-state index in [1.54, 1.807) is 18.9 Å². The fourth-order valence-corrected chi connectivity index (χ4v) is 1.77. The first-order valence-electron chi connectivity index (χ1n) is 7.04. The average Bonchev–Trinajstić information content (AvgIpc) is 2.41. The molecule has 0 spiro atoms. The van der Waals surface area contributed by atoms with Crippen LogP contribution in [0.1, 0.15) is 52.4 Å². The molecule has 0 aromatic rings.